The van der Waals surface area contributed by atoms with Gasteiger partial charge >= 0.3 is 0 Å². The summed E-state index contributed by atoms with van der Waals surface area (Å²) in [7, 11) is 0. The predicted octanol–water partition coefficient (Wildman–Crippen LogP) is 3.10. The fourth-order valence-electron chi connectivity index (χ4n) is 4.40. The van der Waals surface area contributed by atoms with Gasteiger partial charge in [-0.1, -0.05) is 18.2 Å². The zero-order valence-corrected chi connectivity index (χ0v) is 16.4. The highest BCUT2D eigenvalue weighted by atomic mass is 127. The molecule has 1 heterocycles. The van der Waals surface area contributed by atoms with Crippen LogP contribution in [0, 0.1) is 0 Å². The fraction of sp³-hybridized carbons (Fsp3) is 0.474. The van der Waals surface area contributed by atoms with E-state index in [1.165, 1.54) is 6.08 Å². The molecule has 2 amide bonds. The number of halogens is 1. The molecular weight excluding hydrogens is 447 g/mol. The quantitative estimate of drug-likeness (QED) is 0.362. The standard InChI is InChI=1S/C19H21IN2O4/c20-17(25)22-19-8-5-18(6-9-19,7-10-19)21-16(24)15-11-13(23)12-3-1-2-4-14(12)26-15/h1-4,11,13,23H,5-10H2,(H,21,24)(H,22,25). The van der Waals surface area contributed by atoms with Crippen LogP contribution >= 0.6 is 22.6 Å². The first-order valence-electron chi connectivity index (χ1n) is 8.87. The maximum Gasteiger partial charge on any atom is 0.287 e. The maximum atomic E-state index is 12.8. The van der Waals surface area contributed by atoms with Crippen molar-refractivity contribution >= 4 is 32.4 Å². The number of benzene rings is 1. The SMILES string of the molecule is O=C(I)NC12CCC(NC(=O)C3=CC(O)c4ccccc4O3)(CC1)CC2. The number of fused-ring (bicyclic) bond motifs is 4. The van der Waals surface area contributed by atoms with Gasteiger partial charge in [-0.25, -0.2) is 0 Å². The largest absolute Gasteiger partial charge is 0.451 e. The van der Waals surface area contributed by atoms with Crippen molar-refractivity contribution in [1.82, 2.24) is 10.6 Å². The van der Waals surface area contributed by atoms with E-state index in [-0.39, 0.29) is 26.7 Å². The molecule has 2 bridgehead atoms. The number of amides is 2. The minimum Gasteiger partial charge on any atom is -0.451 e. The van der Waals surface area contributed by atoms with Gasteiger partial charge in [0.2, 0.25) is 0 Å². The summed E-state index contributed by atoms with van der Waals surface area (Å²) in [5.41, 5.74) is 0.304. The molecule has 26 heavy (non-hydrogen) atoms. The van der Waals surface area contributed by atoms with E-state index in [4.69, 9.17) is 4.74 Å². The van der Waals surface area contributed by atoms with Gasteiger partial charge in [-0.3, -0.25) is 9.59 Å². The molecule has 1 atom stereocenters. The average molecular weight is 468 g/mol. The van der Waals surface area contributed by atoms with E-state index in [0.29, 0.717) is 11.3 Å². The smallest absolute Gasteiger partial charge is 0.287 e. The highest BCUT2D eigenvalue weighted by Gasteiger charge is 2.50. The Morgan fingerprint density at radius 3 is 2.23 bits per heavy atom. The molecule has 6 nitrogen and oxygen atoms in total. The molecule has 4 aliphatic rings. The molecule has 5 rings (SSSR count). The first-order chi connectivity index (χ1) is 12.4. The lowest BCUT2D eigenvalue weighted by molar-refractivity contribution is -0.123. The molecular formula is C19H21IN2O4. The van der Waals surface area contributed by atoms with E-state index in [0.717, 1.165) is 38.5 Å². The van der Waals surface area contributed by atoms with Gasteiger partial charge in [0.25, 0.3) is 9.82 Å². The molecule has 1 aliphatic heterocycles. The number of rotatable bonds is 3. The Hall–Kier alpha value is -1.61. The molecule has 3 aliphatic carbocycles. The van der Waals surface area contributed by atoms with Gasteiger partial charge in [-0.05, 0) is 50.7 Å². The molecule has 1 unspecified atom stereocenters. The molecule has 0 radical (unpaired) electrons. The van der Waals surface area contributed by atoms with Crippen LogP contribution in [-0.2, 0) is 4.79 Å². The number of hydrogen-bond acceptors (Lipinski definition) is 4. The summed E-state index contributed by atoms with van der Waals surface area (Å²) in [6.45, 7) is 0. The summed E-state index contributed by atoms with van der Waals surface area (Å²) in [5.74, 6) is 0.376. The molecule has 0 spiro atoms. The summed E-state index contributed by atoms with van der Waals surface area (Å²) in [6, 6.07) is 7.18. The second-order valence-corrected chi connectivity index (χ2v) is 8.51. The summed E-state index contributed by atoms with van der Waals surface area (Å²) in [5, 5.41) is 16.5. The Morgan fingerprint density at radius 1 is 1.04 bits per heavy atom. The third-order valence-electron chi connectivity index (χ3n) is 5.98. The van der Waals surface area contributed by atoms with Gasteiger partial charge in [0.1, 0.15) is 11.9 Å². The average Bonchev–Trinajstić information content (AvgIpc) is 2.62. The Kier molecular flexibility index (Phi) is 4.46. The van der Waals surface area contributed by atoms with Crippen LogP contribution in [0.5, 0.6) is 5.75 Å². The molecule has 7 heteroatoms. The first-order valence-corrected chi connectivity index (χ1v) is 9.95. The van der Waals surface area contributed by atoms with E-state index in [1.54, 1.807) is 34.7 Å². The van der Waals surface area contributed by atoms with Gasteiger partial charge in [0, 0.05) is 39.2 Å². The third kappa shape index (κ3) is 3.22. The van der Waals surface area contributed by atoms with E-state index in [2.05, 4.69) is 10.6 Å². The second-order valence-electron chi connectivity index (χ2n) is 7.53. The van der Waals surface area contributed by atoms with Gasteiger partial charge in [-0.2, -0.15) is 0 Å². The monoisotopic (exact) mass is 468 g/mol. The molecule has 1 aromatic carbocycles. The van der Waals surface area contributed by atoms with E-state index in [1.807, 2.05) is 12.1 Å². The van der Waals surface area contributed by atoms with Crippen molar-refractivity contribution in [2.24, 2.45) is 0 Å². The Bertz CT molecular complexity index is 767. The predicted molar refractivity (Wildman–Crippen MR) is 104 cm³/mol. The van der Waals surface area contributed by atoms with Crippen LogP contribution in [0.15, 0.2) is 36.1 Å². The van der Waals surface area contributed by atoms with Crippen LogP contribution in [0.3, 0.4) is 0 Å². The lowest BCUT2D eigenvalue weighted by atomic mass is 9.61. The number of para-hydroxylation sites is 1. The Labute approximate surface area is 165 Å². The van der Waals surface area contributed by atoms with Crippen molar-refractivity contribution in [2.45, 2.75) is 55.7 Å². The molecule has 3 saturated carbocycles. The summed E-state index contributed by atoms with van der Waals surface area (Å²) in [4.78, 5) is 24.2. The molecule has 1 aromatic rings. The number of carbonyl (C=O) groups is 2. The number of carbonyl (C=O) groups excluding carboxylic acids is 2. The van der Waals surface area contributed by atoms with Crippen LogP contribution in [0.25, 0.3) is 0 Å². The third-order valence-corrected chi connectivity index (χ3v) is 6.25. The maximum absolute atomic E-state index is 12.8. The molecule has 0 aromatic heterocycles. The lowest BCUT2D eigenvalue weighted by Crippen LogP contribution is -2.63. The van der Waals surface area contributed by atoms with Crippen molar-refractivity contribution in [3.05, 3.63) is 41.7 Å². The van der Waals surface area contributed by atoms with E-state index < -0.39 is 6.10 Å². The zero-order valence-electron chi connectivity index (χ0n) is 14.3. The molecule has 3 N–H and O–H groups in total. The lowest BCUT2D eigenvalue weighted by Gasteiger charge is -2.53. The van der Waals surface area contributed by atoms with Crippen molar-refractivity contribution in [3.63, 3.8) is 0 Å². The summed E-state index contributed by atoms with van der Waals surface area (Å²) in [6.07, 6.45) is 5.73. The van der Waals surface area contributed by atoms with Crippen LogP contribution in [0.1, 0.15) is 50.2 Å². The fourth-order valence-corrected chi connectivity index (χ4v) is 4.97. The Balaban J connectivity index is 1.45. The van der Waals surface area contributed by atoms with Crippen molar-refractivity contribution in [2.75, 3.05) is 0 Å². The van der Waals surface area contributed by atoms with Gasteiger partial charge < -0.3 is 20.5 Å². The topological polar surface area (TPSA) is 87.7 Å². The Morgan fingerprint density at radius 2 is 1.62 bits per heavy atom. The molecule has 3 fully saturated rings. The minimum absolute atomic E-state index is 0.0190. The highest BCUT2D eigenvalue weighted by molar-refractivity contribution is 14.1. The van der Waals surface area contributed by atoms with Crippen LogP contribution in [0.4, 0.5) is 4.79 Å². The highest BCUT2D eigenvalue weighted by Crippen LogP contribution is 2.47. The van der Waals surface area contributed by atoms with Crippen LogP contribution in [0.2, 0.25) is 0 Å². The number of aliphatic hydroxyl groups excluding tert-OH is 1. The minimum atomic E-state index is -0.845. The zero-order chi connectivity index (χ0) is 18.4. The molecule has 138 valence electrons. The number of ether oxygens (including phenoxy) is 1. The van der Waals surface area contributed by atoms with E-state index in [9.17, 15) is 14.7 Å². The van der Waals surface area contributed by atoms with Crippen molar-refractivity contribution in [1.29, 1.82) is 0 Å². The molecule has 0 saturated heterocycles. The van der Waals surface area contributed by atoms with Gasteiger partial charge in [0.05, 0.1) is 0 Å². The van der Waals surface area contributed by atoms with Gasteiger partial charge in [-0.15, -0.1) is 0 Å². The van der Waals surface area contributed by atoms with Gasteiger partial charge in [0.15, 0.2) is 5.76 Å². The first kappa shape index (κ1) is 17.8. The normalized spacial score (nSPS) is 32.1. The second kappa shape index (κ2) is 6.53. The van der Waals surface area contributed by atoms with Crippen LogP contribution in [-0.4, -0.2) is 26.0 Å². The summed E-state index contributed by atoms with van der Waals surface area (Å²) >= 11 is 1.78. The number of nitrogens with one attached hydrogen (secondary N) is 2. The number of hydrogen-bond donors (Lipinski definition) is 3. The van der Waals surface area contributed by atoms with Crippen LogP contribution < -0.4 is 15.4 Å². The van der Waals surface area contributed by atoms with E-state index >= 15 is 0 Å². The summed E-state index contributed by atoms with van der Waals surface area (Å²) < 4.78 is 5.69. The van der Waals surface area contributed by atoms with Crippen molar-refractivity contribution in [3.8, 4) is 5.75 Å². The van der Waals surface area contributed by atoms with Crippen molar-refractivity contribution < 1.29 is 19.4 Å². The number of aliphatic hydroxyl groups is 1.